The van der Waals surface area contributed by atoms with Crippen molar-refractivity contribution < 1.29 is 4.84 Å². The van der Waals surface area contributed by atoms with Crippen LogP contribution in [0.3, 0.4) is 0 Å². The number of pyridine rings is 1. The Hall–Kier alpha value is -1.29. The van der Waals surface area contributed by atoms with Gasteiger partial charge in [-0.1, -0.05) is 0 Å². The number of nitrogen functional groups attached to an aromatic ring is 1. The Morgan fingerprint density at radius 2 is 2.27 bits per heavy atom. The van der Waals surface area contributed by atoms with Gasteiger partial charge in [0.2, 0.25) is 0 Å². The molecule has 0 aromatic carbocycles. The van der Waals surface area contributed by atoms with E-state index >= 15 is 0 Å². The standard InChI is InChI=1S/C7H11N3O/c1-10(11-2)7-4-3-6(8)5-9-7/h3-5H,8H2,1-2H3. The summed E-state index contributed by atoms with van der Waals surface area (Å²) >= 11 is 0. The van der Waals surface area contributed by atoms with Crippen LogP contribution >= 0.6 is 0 Å². The topological polar surface area (TPSA) is 51.4 Å². The lowest BCUT2D eigenvalue weighted by molar-refractivity contribution is 0.182. The van der Waals surface area contributed by atoms with Crippen LogP contribution in [0.25, 0.3) is 0 Å². The van der Waals surface area contributed by atoms with Gasteiger partial charge in [-0.2, -0.15) is 0 Å². The zero-order chi connectivity index (χ0) is 8.27. The van der Waals surface area contributed by atoms with Crippen LogP contribution in [0.2, 0.25) is 0 Å². The number of nitrogens with zero attached hydrogens (tertiary/aromatic N) is 2. The lowest BCUT2D eigenvalue weighted by atomic mass is 10.4. The molecule has 0 atom stereocenters. The van der Waals surface area contributed by atoms with Gasteiger partial charge in [0, 0.05) is 7.05 Å². The zero-order valence-corrected chi connectivity index (χ0v) is 6.61. The van der Waals surface area contributed by atoms with Crippen molar-refractivity contribution >= 4 is 11.5 Å². The van der Waals surface area contributed by atoms with Crippen LogP contribution in [0.5, 0.6) is 0 Å². The molecular formula is C7H11N3O. The summed E-state index contributed by atoms with van der Waals surface area (Å²) in [5, 5.41) is 1.56. The van der Waals surface area contributed by atoms with E-state index in [0.29, 0.717) is 5.69 Å². The van der Waals surface area contributed by atoms with Crippen molar-refractivity contribution in [3.63, 3.8) is 0 Å². The van der Waals surface area contributed by atoms with E-state index < -0.39 is 0 Å². The molecule has 60 valence electrons. The van der Waals surface area contributed by atoms with E-state index in [0.717, 1.165) is 5.82 Å². The maximum atomic E-state index is 5.45. The van der Waals surface area contributed by atoms with Crippen LogP contribution < -0.4 is 10.8 Å². The first-order chi connectivity index (χ1) is 5.24. The third kappa shape index (κ3) is 1.81. The molecule has 4 heteroatoms. The van der Waals surface area contributed by atoms with E-state index in [9.17, 15) is 0 Å². The molecule has 2 N–H and O–H groups in total. The van der Waals surface area contributed by atoms with Crippen LogP contribution in [0.4, 0.5) is 11.5 Å². The SMILES string of the molecule is CON(C)c1ccc(N)cn1. The second kappa shape index (κ2) is 3.21. The van der Waals surface area contributed by atoms with Crippen molar-refractivity contribution in [1.29, 1.82) is 0 Å². The zero-order valence-electron chi connectivity index (χ0n) is 6.61. The van der Waals surface area contributed by atoms with Gasteiger partial charge >= 0.3 is 0 Å². The lowest BCUT2D eigenvalue weighted by Crippen LogP contribution is -2.15. The van der Waals surface area contributed by atoms with Gasteiger partial charge < -0.3 is 5.73 Å². The van der Waals surface area contributed by atoms with Crippen LogP contribution in [0, 0.1) is 0 Å². The maximum absolute atomic E-state index is 5.45. The molecule has 1 aromatic heterocycles. The molecule has 1 rings (SSSR count). The highest BCUT2D eigenvalue weighted by Crippen LogP contribution is 2.09. The molecule has 11 heavy (non-hydrogen) atoms. The first-order valence-electron chi connectivity index (χ1n) is 3.23. The van der Waals surface area contributed by atoms with Crippen molar-refractivity contribution in [3.05, 3.63) is 18.3 Å². The molecule has 1 heterocycles. The number of rotatable bonds is 2. The summed E-state index contributed by atoms with van der Waals surface area (Å²) in [6.45, 7) is 0. The van der Waals surface area contributed by atoms with E-state index in [4.69, 9.17) is 10.6 Å². The molecule has 0 radical (unpaired) electrons. The molecule has 0 spiro atoms. The predicted octanol–water partition coefficient (Wildman–Crippen LogP) is 0.661. The second-order valence-electron chi connectivity index (χ2n) is 2.13. The quantitative estimate of drug-likeness (QED) is 0.634. The normalized spacial score (nSPS) is 9.64. The van der Waals surface area contributed by atoms with Gasteiger partial charge in [0.25, 0.3) is 0 Å². The molecule has 4 nitrogen and oxygen atoms in total. The summed E-state index contributed by atoms with van der Waals surface area (Å²) in [6.07, 6.45) is 1.59. The highest BCUT2D eigenvalue weighted by molar-refractivity contribution is 5.43. The first-order valence-corrected chi connectivity index (χ1v) is 3.23. The molecule has 0 aliphatic rings. The minimum atomic E-state index is 0.651. The molecule has 0 aliphatic heterocycles. The van der Waals surface area contributed by atoms with Gasteiger partial charge in [0.15, 0.2) is 5.82 Å². The number of aromatic nitrogens is 1. The highest BCUT2D eigenvalue weighted by atomic mass is 16.7. The Morgan fingerprint density at radius 1 is 1.55 bits per heavy atom. The van der Waals surface area contributed by atoms with Gasteiger partial charge in [0.05, 0.1) is 19.0 Å². The number of hydrogen-bond acceptors (Lipinski definition) is 4. The van der Waals surface area contributed by atoms with Crippen molar-refractivity contribution in [2.45, 2.75) is 0 Å². The monoisotopic (exact) mass is 153 g/mol. The minimum absolute atomic E-state index is 0.651. The molecule has 0 unspecified atom stereocenters. The largest absolute Gasteiger partial charge is 0.397 e. The predicted molar refractivity (Wildman–Crippen MR) is 44.1 cm³/mol. The van der Waals surface area contributed by atoms with Crippen molar-refractivity contribution in [2.24, 2.45) is 0 Å². The molecular weight excluding hydrogens is 142 g/mol. The van der Waals surface area contributed by atoms with E-state index in [2.05, 4.69) is 4.98 Å². The minimum Gasteiger partial charge on any atom is -0.397 e. The van der Waals surface area contributed by atoms with Gasteiger partial charge in [-0.3, -0.25) is 4.84 Å². The molecule has 0 aliphatic carbocycles. The molecule has 0 saturated heterocycles. The van der Waals surface area contributed by atoms with Crippen LogP contribution in [-0.4, -0.2) is 19.1 Å². The van der Waals surface area contributed by atoms with Gasteiger partial charge in [0.1, 0.15) is 0 Å². The molecule has 0 amide bonds. The van der Waals surface area contributed by atoms with E-state index in [1.54, 1.807) is 37.6 Å². The van der Waals surface area contributed by atoms with Crippen molar-refractivity contribution in [3.8, 4) is 0 Å². The third-order valence-electron chi connectivity index (χ3n) is 1.37. The van der Waals surface area contributed by atoms with Gasteiger partial charge in [-0.25, -0.2) is 10.0 Å². The van der Waals surface area contributed by atoms with Gasteiger partial charge in [-0.15, -0.1) is 0 Å². The molecule has 0 bridgehead atoms. The first kappa shape index (κ1) is 7.81. The van der Waals surface area contributed by atoms with E-state index in [1.165, 1.54) is 0 Å². The Morgan fingerprint density at radius 3 is 2.73 bits per heavy atom. The van der Waals surface area contributed by atoms with Crippen LogP contribution in [0.1, 0.15) is 0 Å². The Labute approximate surface area is 65.5 Å². The Balaban J connectivity index is 2.81. The number of hydrogen-bond donors (Lipinski definition) is 1. The summed E-state index contributed by atoms with van der Waals surface area (Å²) in [6, 6.07) is 3.57. The second-order valence-corrected chi connectivity index (χ2v) is 2.13. The van der Waals surface area contributed by atoms with Crippen LogP contribution in [0.15, 0.2) is 18.3 Å². The fourth-order valence-corrected chi connectivity index (χ4v) is 0.677. The lowest BCUT2D eigenvalue weighted by Gasteiger charge is -2.13. The van der Waals surface area contributed by atoms with E-state index in [-0.39, 0.29) is 0 Å². The number of hydroxylamine groups is 1. The fraction of sp³-hybridized carbons (Fsp3) is 0.286. The average Bonchev–Trinajstić information content (AvgIpc) is 2.05. The highest BCUT2D eigenvalue weighted by Gasteiger charge is 1.97. The maximum Gasteiger partial charge on any atom is 0.152 e. The summed E-state index contributed by atoms with van der Waals surface area (Å²) in [5.74, 6) is 0.738. The number of nitrogens with two attached hydrogens (primary N) is 1. The smallest absolute Gasteiger partial charge is 0.152 e. The third-order valence-corrected chi connectivity index (χ3v) is 1.37. The van der Waals surface area contributed by atoms with E-state index in [1.807, 2.05) is 0 Å². The molecule has 0 fully saturated rings. The fourth-order valence-electron chi connectivity index (χ4n) is 0.677. The average molecular weight is 153 g/mol. The summed E-state index contributed by atoms with van der Waals surface area (Å²) in [5.41, 5.74) is 6.10. The van der Waals surface area contributed by atoms with Crippen molar-refractivity contribution in [2.75, 3.05) is 25.0 Å². The molecule has 1 aromatic rings. The van der Waals surface area contributed by atoms with Crippen molar-refractivity contribution in [1.82, 2.24) is 4.98 Å². The molecule has 0 saturated carbocycles. The number of anilines is 2. The Kier molecular flexibility index (Phi) is 2.28. The Bertz CT molecular complexity index is 222. The summed E-state index contributed by atoms with van der Waals surface area (Å²) in [7, 11) is 3.36. The van der Waals surface area contributed by atoms with Crippen LogP contribution in [-0.2, 0) is 4.84 Å². The summed E-state index contributed by atoms with van der Waals surface area (Å²) in [4.78, 5) is 8.93. The van der Waals surface area contributed by atoms with Gasteiger partial charge in [-0.05, 0) is 12.1 Å². The summed E-state index contributed by atoms with van der Waals surface area (Å²) < 4.78 is 0.